The predicted octanol–water partition coefficient (Wildman–Crippen LogP) is 0.794. The van der Waals surface area contributed by atoms with E-state index < -0.39 is 10.0 Å². The van der Waals surface area contributed by atoms with Crippen LogP contribution in [0.15, 0.2) is 34.2 Å². The topological polar surface area (TPSA) is 112 Å². The van der Waals surface area contributed by atoms with Crippen molar-refractivity contribution in [3.05, 3.63) is 29.8 Å². The quantitative estimate of drug-likeness (QED) is 0.170. The Morgan fingerprint density at radius 2 is 1.74 bits per heavy atom. The molecule has 1 fully saturated rings. The molecule has 0 spiro atoms. The van der Waals surface area contributed by atoms with E-state index in [1.54, 1.807) is 24.3 Å². The van der Waals surface area contributed by atoms with Crippen LogP contribution in [0.25, 0.3) is 0 Å². The van der Waals surface area contributed by atoms with Gasteiger partial charge in [0.05, 0.1) is 11.4 Å². The van der Waals surface area contributed by atoms with E-state index in [-0.39, 0.29) is 40.7 Å². The molecule has 0 atom stereocenters. The highest BCUT2D eigenvalue weighted by atomic mass is 127. The number of nitrogens with zero attached hydrogens (tertiary/aromatic N) is 1. The van der Waals surface area contributed by atoms with Crippen molar-refractivity contribution in [3.63, 3.8) is 0 Å². The number of amides is 1. The fraction of sp³-hybridized carbons (Fsp3) is 0.529. The van der Waals surface area contributed by atoms with Crippen molar-refractivity contribution in [1.29, 1.82) is 0 Å². The van der Waals surface area contributed by atoms with Crippen molar-refractivity contribution in [2.24, 2.45) is 10.9 Å². The molecule has 152 valence electrons. The standard InChI is InChI=1S/C17H27N5O3S.HI/c1-3-19-17(21-11-10-20-16(23)14-6-7-14)22-12-13-4-8-15(9-5-13)26(24,25)18-2;/h4-5,8-9,14,18H,3,6-7,10-12H2,1-2H3,(H,20,23)(H2,19,21,22);1H. The number of sulfonamides is 1. The van der Waals surface area contributed by atoms with Crippen LogP contribution in [0.5, 0.6) is 0 Å². The second-order valence-electron chi connectivity index (χ2n) is 6.04. The van der Waals surface area contributed by atoms with E-state index in [1.807, 2.05) is 6.92 Å². The number of guanidine groups is 1. The third kappa shape index (κ3) is 8.01. The maximum atomic E-state index is 11.7. The zero-order valence-electron chi connectivity index (χ0n) is 15.6. The van der Waals surface area contributed by atoms with Gasteiger partial charge in [0.1, 0.15) is 0 Å². The Morgan fingerprint density at radius 3 is 2.30 bits per heavy atom. The molecule has 10 heteroatoms. The number of hydrogen-bond acceptors (Lipinski definition) is 4. The van der Waals surface area contributed by atoms with Crippen molar-refractivity contribution >= 4 is 45.9 Å². The summed E-state index contributed by atoms with van der Waals surface area (Å²) in [6.07, 6.45) is 2.00. The Balaban J connectivity index is 0.00000364. The molecule has 0 aromatic heterocycles. The third-order valence-electron chi connectivity index (χ3n) is 3.93. The summed E-state index contributed by atoms with van der Waals surface area (Å²) < 4.78 is 25.7. The minimum absolute atomic E-state index is 0. The van der Waals surface area contributed by atoms with Gasteiger partial charge in [-0.3, -0.25) is 4.79 Å². The fourth-order valence-corrected chi connectivity index (χ4v) is 2.99. The molecular weight excluding hydrogens is 481 g/mol. The minimum atomic E-state index is -3.42. The van der Waals surface area contributed by atoms with Crippen molar-refractivity contribution in [1.82, 2.24) is 20.7 Å². The van der Waals surface area contributed by atoms with Gasteiger partial charge < -0.3 is 16.0 Å². The van der Waals surface area contributed by atoms with Gasteiger partial charge in [-0.25, -0.2) is 18.1 Å². The van der Waals surface area contributed by atoms with Crippen molar-refractivity contribution in [2.75, 3.05) is 26.7 Å². The summed E-state index contributed by atoms with van der Waals surface area (Å²) in [4.78, 5) is 16.3. The number of carbonyl (C=O) groups excluding carboxylic acids is 1. The van der Waals surface area contributed by atoms with Gasteiger partial charge >= 0.3 is 0 Å². The van der Waals surface area contributed by atoms with Crippen LogP contribution in [0.1, 0.15) is 25.3 Å². The molecule has 1 aliphatic carbocycles. The van der Waals surface area contributed by atoms with Gasteiger partial charge in [0.2, 0.25) is 15.9 Å². The van der Waals surface area contributed by atoms with Crippen LogP contribution in [0, 0.1) is 5.92 Å². The molecule has 0 aliphatic heterocycles. The van der Waals surface area contributed by atoms with E-state index in [4.69, 9.17) is 0 Å². The van der Waals surface area contributed by atoms with Crippen LogP contribution in [-0.2, 0) is 21.4 Å². The Kier molecular flexibility index (Phi) is 10.0. The molecule has 4 N–H and O–H groups in total. The average molecular weight is 509 g/mol. The first-order valence-electron chi connectivity index (χ1n) is 8.78. The highest BCUT2D eigenvalue weighted by Crippen LogP contribution is 2.28. The first-order valence-corrected chi connectivity index (χ1v) is 10.3. The van der Waals surface area contributed by atoms with Gasteiger partial charge in [0.15, 0.2) is 5.96 Å². The second kappa shape index (κ2) is 11.4. The van der Waals surface area contributed by atoms with Crippen LogP contribution in [0.2, 0.25) is 0 Å². The second-order valence-corrected chi connectivity index (χ2v) is 7.93. The zero-order valence-corrected chi connectivity index (χ0v) is 18.8. The number of aliphatic imine (C=N–C) groups is 1. The summed E-state index contributed by atoms with van der Waals surface area (Å²) in [6.45, 7) is 4.26. The van der Waals surface area contributed by atoms with Gasteiger partial charge in [0, 0.05) is 25.6 Å². The van der Waals surface area contributed by atoms with Crippen LogP contribution in [0.4, 0.5) is 0 Å². The largest absolute Gasteiger partial charge is 0.357 e. The Bertz CT molecular complexity index is 733. The number of nitrogens with one attached hydrogen (secondary N) is 4. The first kappa shape index (κ1) is 23.6. The Labute approximate surface area is 178 Å². The van der Waals surface area contributed by atoms with E-state index in [0.717, 1.165) is 24.9 Å². The molecule has 27 heavy (non-hydrogen) atoms. The molecule has 8 nitrogen and oxygen atoms in total. The van der Waals surface area contributed by atoms with Crippen molar-refractivity contribution in [3.8, 4) is 0 Å². The monoisotopic (exact) mass is 509 g/mol. The molecule has 1 saturated carbocycles. The Hall–Kier alpha value is -1.40. The van der Waals surface area contributed by atoms with Crippen LogP contribution < -0.4 is 20.7 Å². The summed E-state index contributed by atoms with van der Waals surface area (Å²) in [5.74, 6) is 0.997. The van der Waals surface area contributed by atoms with Gasteiger partial charge in [0.25, 0.3) is 0 Å². The number of hydrogen-bond donors (Lipinski definition) is 4. The van der Waals surface area contributed by atoms with Gasteiger partial charge in [-0.2, -0.15) is 0 Å². The zero-order chi connectivity index (χ0) is 19.0. The first-order chi connectivity index (χ1) is 12.5. The number of carbonyl (C=O) groups is 1. The SMILES string of the molecule is CCNC(=NCc1ccc(S(=O)(=O)NC)cc1)NCCNC(=O)C1CC1.I. The molecule has 2 rings (SSSR count). The average Bonchev–Trinajstić information content (AvgIpc) is 3.48. The van der Waals surface area contributed by atoms with Gasteiger partial charge in [-0.1, -0.05) is 12.1 Å². The molecule has 1 amide bonds. The number of halogens is 1. The van der Waals surface area contributed by atoms with E-state index in [0.29, 0.717) is 25.6 Å². The number of benzene rings is 1. The van der Waals surface area contributed by atoms with Crippen LogP contribution in [-0.4, -0.2) is 47.0 Å². The molecular formula is C17H28IN5O3S. The van der Waals surface area contributed by atoms with E-state index >= 15 is 0 Å². The summed E-state index contributed by atoms with van der Waals surface area (Å²) in [7, 11) is -2.04. The highest BCUT2D eigenvalue weighted by molar-refractivity contribution is 14.0. The van der Waals surface area contributed by atoms with Gasteiger partial charge in [-0.05, 0) is 44.5 Å². The fourth-order valence-electron chi connectivity index (χ4n) is 2.26. The molecule has 0 unspecified atom stereocenters. The third-order valence-corrected chi connectivity index (χ3v) is 5.36. The molecule has 0 bridgehead atoms. The maximum absolute atomic E-state index is 11.7. The summed E-state index contributed by atoms with van der Waals surface area (Å²) in [5, 5.41) is 9.20. The van der Waals surface area contributed by atoms with Crippen LogP contribution in [0.3, 0.4) is 0 Å². The van der Waals surface area contributed by atoms with Crippen molar-refractivity contribution < 1.29 is 13.2 Å². The lowest BCUT2D eigenvalue weighted by atomic mass is 10.2. The summed E-state index contributed by atoms with van der Waals surface area (Å²) in [5.41, 5.74) is 0.902. The normalized spacial score (nSPS) is 14.2. The van der Waals surface area contributed by atoms with Crippen LogP contribution >= 0.6 is 24.0 Å². The lowest BCUT2D eigenvalue weighted by Gasteiger charge is -2.12. The van der Waals surface area contributed by atoms with E-state index in [2.05, 4.69) is 25.7 Å². The number of rotatable bonds is 9. The molecule has 0 saturated heterocycles. The van der Waals surface area contributed by atoms with E-state index in [9.17, 15) is 13.2 Å². The summed E-state index contributed by atoms with van der Waals surface area (Å²) in [6, 6.07) is 6.61. The lowest BCUT2D eigenvalue weighted by molar-refractivity contribution is -0.122. The smallest absolute Gasteiger partial charge is 0.240 e. The molecule has 1 aromatic rings. The molecule has 1 aliphatic rings. The Morgan fingerprint density at radius 1 is 1.11 bits per heavy atom. The minimum Gasteiger partial charge on any atom is -0.357 e. The molecule has 0 heterocycles. The van der Waals surface area contributed by atoms with E-state index in [1.165, 1.54) is 7.05 Å². The molecule has 1 aromatic carbocycles. The predicted molar refractivity (Wildman–Crippen MR) is 117 cm³/mol. The lowest BCUT2D eigenvalue weighted by Crippen LogP contribution is -2.41. The maximum Gasteiger partial charge on any atom is 0.240 e. The summed E-state index contributed by atoms with van der Waals surface area (Å²) >= 11 is 0. The molecule has 0 radical (unpaired) electrons. The van der Waals surface area contributed by atoms with Gasteiger partial charge in [-0.15, -0.1) is 24.0 Å². The van der Waals surface area contributed by atoms with Crippen molar-refractivity contribution in [2.45, 2.75) is 31.2 Å². The highest BCUT2D eigenvalue weighted by Gasteiger charge is 2.28.